The quantitative estimate of drug-likeness (QED) is 0.886. The summed E-state index contributed by atoms with van der Waals surface area (Å²) in [4.78, 5) is 26.9. The lowest BCUT2D eigenvalue weighted by molar-refractivity contribution is -0.143. The monoisotopic (exact) mass is 318 g/mol. The number of halogens is 1. The average Bonchev–Trinajstić information content (AvgIpc) is 2.53. The van der Waals surface area contributed by atoms with Crippen LogP contribution in [0.4, 0.5) is 4.39 Å². The molecule has 0 radical (unpaired) electrons. The molecule has 1 atom stereocenters. The number of nitrogens with one attached hydrogen (secondary N) is 2. The van der Waals surface area contributed by atoms with E-state index in [0.717, 1.165) is 5.69 Å². The van der Waals surface area contributed by atoms with Crippen LogP contribution in [0.2, 0.25) is 0 Å². The third kappa shape index (κ3) is 3.48. The first kappa shape index (κ1) is 16.9. The van der Waals surface area contributed by atoms with Gasteiger partial charge < -0.3 is 15.0 Å². The molecule has 5 nitrogen and oxygen atoms in total. The summed E-state index contributed by atoms with van der Waals surface area (Å²) in [7, 11) is 1.34. The van der Waals surface area contributed by atoms with Crippen molar-refractivity contribution in [1.29, 1.82) is 0 Å². The van der Waals surface area contributed by atoms with Gasteiger partial charge in [-0.05, 0) is 26.0 Å². The predicted octanol–water partition coefficient (Wildman–Crippen LogP) is 2.00. The van der Waals surface area contributed by atoms with Crippen molar-refractivity contribution < 1.29 is 13.9 Å². The Balaban J connectivity index is 2.20. The Morgan fingerprint density at radius 1 is 1.30 bits per heavy atom. The number of rotatable bonds is 5. The predicted molar refractivity (Wildman–Crippen MR) is 84.4 cm³/mol. The highest BCUT2D eigenvalue weighted by Gasteiger charge is 2.37. The van der Waals surface area contributed by atoms with E-state index in [1.807, 2.05) is 0 Å². The minimum absolute atomic E-state index is 0.0296. The van der Waals surface area contributed by atoms with Crippen molar-refractivity contribution in [3.8, 4) is 0 Å². The van der Waals surface area contributed by atoms with Crippen molar-refractivity contribution in [3.05, 3.63) is 69.4 Å². The molecule has 1 aromatic carbocycles. The van der Waals surface area contributed by atoms with E-state index >= 15 is 0 Å². The second-order valence-electron chi connectivity index (χ2n) is 5.40. The van der Waals surface area contributed by atoms with Gasteiger partial charge in [-0.1, -0.05) is 24.3 Å². The topological polar surface area (TPSA) is 71.2 Å². The zero-order valence-electron chi connectivity index (χ0n) is 13.3. The maximum absolute atomic E-state index is 14.0. The lowest BCUT2D eigenvalue weighted by Crippen LogP contribution is -2.44. The fourth-order valence-electron chi connectivity index (χ4n) is 2.26. The first-order valence-electron chi connectivity index (χ1n) is 7.15. The second kappa shape index (κ2) is 6.75. The maximum Gasteiger partial charge on any atom is 0.256 e. The van der Waals surface area contributed by atoms with Crippen molar-refractivity contribution >= 4 is 5.91 Å². The van der Waals surface area contributed by atoms with E-state index in [2.05, 4.69) is 10.3 Å². The van der Waals surface area contributed by atoms with Crippen LogP contribution in [0.15, 0.2) is 41.2 Å². The summed E-state index contributed by atoms with van der Waals surface area (Å²) in [5.74, 6) is -1.05. The third-order valence-electron chi connectivity index (χ3n) is 3.81. The molecule has 0 spiro atoms. The van der Waals surface area contributed by atoms with Crippen LogP contribution in [-0.4, -0.2) is 18.0 Å². The van der Waals surface area contributed by atoms with Crippen molar-refractivity contribution in [2.45, 2.75) is 26.0 Å². The Labute approximate surface area is 133 Å². The number of aromatic amines is 1. The number of H-pyrrole nitrogens is 1. The normalized spacial score (nSPS) is 13.4. The molecule has 0 aliphatic carbocycles. The Bertz CT molecular complexity index is 772. The molecule has 2 N–H and O–H groups in total. The highest BCUT2D eigenvalue weighted by atomic mass is 19.1. The van der Waals surface area contributed by atoms with E-state index in [9.17, 15) is 14.0 Å². The van der Waals surface area contributed by atoms with Crippen molar-refractivity contribution in [2.75, 3.05) is 7.11 Å². The van der Waals surface area contributed by atoms with Gasteiger partial charge in [-0.25, -0.2) is 4.39 Å². The second-order valence-corrected chi connectivity index (χ2v) is 5.40. The van der Waals surface area contributed by atoms with Crippen LogP contribution in [0, 0.1) is 12.7 Å². The molecule has 0 saturated heterocycles. The molecule has 2 rings (SSSR count). The molecule has 122 valence electrons. The van der Waals surface area contributed by atoms with E-state index in [1.54, 1.807) is 31.2 Å². The summed E-state index contributed by atoms with van der Waals surface area (Å²) in [6, 6.07) is 9.32. The molecule has 0 fully saturated rings. The Morgan fingerprint density at radius 2 is 2.00 bits per heavy atom. The molecule has 1 amide bonds. The standard InChI is InChI=1S/C17H19FN2O3/c1-11-8-9-12(15(21)20-11)10-19-16(22)17(2,23-3)13-6-4-5-7-14(13)18/h4-9H,10H2,1-3H3,(H,19,22)(H,20,21)/t17-/m1/s1. The van der Waals surface area contributed by atoms with Gasteiger partial charge in [0.25, 0.3) is 11.5 Å². The number of methoxy groups -OCH3 is 1. The van der Waals surface area contributed by atoms with Crippen LogP contribution < -0.4 is 10.9 Å². The minimum atomic E-state index is -1.48. The Morgan fingerprint density at radius 3 is 2.61 bits per heavy atom. The minimum Gasteiger partial charge on any atom is -0.364 e. The van der Waals surface area contributed by atoms with Gasteiger partial charge in [-0.2, -0.15) is 0 Å². The van der Waals surface area contributed by atoms with E-state index in [1.165, 1.54) is 26.2 Å². The van der Waals surface area contributed by atoms with Crippen LogP contribution in [0.1, 0.15) is 23.7 Å². The number of amides is 1. The third-order valence-corrected chi connectivity index (χ3v) is 3.81. The molecule has 6 heteroatoms. The number of carbonyl (C=O) groups excluding carboxylic acids is 1. The smallest absolute Gasteiger partial charge is 0.256 e. The molecular weight excluding hydrogens is 299 g/mol. The molecule has 0 saturated carbocycles. The molecule has 0 aliphatic rings. The first-order valence-corrected chi connectivity index (χ1v) is 7.15. The maximum atomic E-state index is 14.0. The summed E-state index contributed by atoms with van der Waals surface area (Å²) in [6.45, 7) is 3.28. The Kier molecular flexibility index (Phi) is 4.95. The average molecular weight is 318 g/mol. The van der Waals surface area contributed by atoms with Crippen molar-refractivity contribution in [2.24, 2.45) is 0 Å². The summed E-state index contributed by atoms with van der Waals surface area (Å²) in [5, 5.41) is 2.63. The first-order chi connectivity index (χ1) is 10.9. The summed E-state index contributed by atoms with van der Waals surface area (Å²) in [6.07, 6.45) is 0. The van der Waals surface area contributed by atoms with Crippen LogP contribution in [0.5, 0.6) is 0 Å². The highest BCUT2D eigenvalue weighted by Crippen LogP contribution is 2.27. The number of pyridine rings is 1. The van der Waals surface area contributed by atoms with E-state index < -0.39 is 17.3 Å². The summed E-state index contributed by atoms with van der Waals surface area (Å²) < 4.78 is 19.3. The fraction of sp³-hybridized carbons (Fsp3) is 0.294. The molecule has 2 aromatic rings. The Hall–Kier alpha value is -2.47. The SMILES string of the molecule is CO[C@@](C)(C(=O)NCc1ccc(C)[nH]c1=O)c1ccccc1F. The van der Waals surface area contributed by atoms with Gasteiger partial charge in [0.1, 0.15) is 5.82 Å². The van der Waals surface area contributed by atoms with Crippen LogP contribution >= 0.6 is 0 Å². The van der Waals surface area contributed by atoms with E-state index in [-0.39, 0.29) is 17.7 Å². The van der Waals surface area contributed by atoms with Gasteiger partial charge in [0.15, 0.2) is 5.60 Å². The molecule has 0 bridgehead atoms. The molecule has 1 aromatic heterocycles. The van der Waals surface area contributed by atoms with E-state index in [4.69, 9.17) is 4.74 Å². The molecule has 0 aliphatic heterocycles. The van der Waals surface area contributed by atoms with Crippen molar-refractivity contribution in [3.63, 3.8) is 0 Å². The van der Waals surface area contributed by atoms with Gasteiger partial charge >= 0.3 is 0 Å². The molecule has 1 heterocycles. The van der Waals surface area contributed by atoms with Gasteiger partial charge in [-0.3, -0.25) is 9.59 Å². The number of aryl methyl sites for hydroxylation is 1. The number of ether oxygens (including phenoxy) is 1. The summed E-state index contributed by atoms with van der Waals surface area (Å²) in [5.41, 5.74) is -0.467. The highest BCUT2D eigenvalue weighted by molar-refractivity contribution is 5.86. The van der Waals surface area contributed by atoms with Gasteiger partial charge in [0.05, 0.1) is 0 Å². The van der Waals surface area contributed by atoms with Gasteiger partial charge in [0.2, 0.25) is 0 Å². The zero-order valence-corrected chi connectivity index (χ0v) is 13.3. The number of carbonyl (C=O) groups is 1. The number of benzene rings is 1. The van der Waals surface area contributed by atoms with Crippen molar-refractivity contribution in [1.82, 2.24) is 10.3 Å². The molecular formula is C17H19FN2O3. The summed E-state index contributed by atoms with van der Waals surface area (Å²) >= 11 is 0. The molecule has 23 heavy (non-hydrogen) atoms. The lowest BCUT2D eigenvalue weighted by Gasteiger charge is -2.27. The van der Waals surface area contributed by atoms with Gasteiger partial charge in [0, 0.05) is 30.5 Å². The fourth-order valence-corrected chi connectivity index (χ4v) is 2.26. The van der Waals surface area contributed by atoms with Crippen LogP contribution in [-0.2, 0) is 21.7 Å². The number of hydrogen-bond donors (Lipinski definition) is 2. The van der Waals surface area contributed by atoms with Crippen LogP contribution in [0.25, 0.3) is 0 Å². The molecule has 0 unspecified atom stereocenters. The number of hydrogen-bond acceptors (Lipinski definition) is 3. The zero-order chi connectivity index (χ0) is 17.0. The van der Waals surface area contributed by atoms with Gasteiger partial charge in [-0.15, -0.1) is 0 Å². The van der Waals surface area contributed by atoms with E-state index in [0.29, 0.717) is 5.56 Å². The van der Waals surface area contributed by atoms with Crippen LogP contribution in [0.3, 0.4) is 0 Å². The largest absolute Gasteiger partial charge is 0.364 e. The lowest BCUT2D eigenvalue weighted by atomic mass is 9.94. The number of aromatic nitrogens is 1.